The summed E-state index contributed by atoms with van der Waals surface area (Å²) < 4.78 is 0. The Morgan fingerprint density at radius 3 is 2.82 bits per heavy atom. The number of rotatable bonds is 1. The maximum absolute atomic E-state index is 9.27. The number of hydrogen-bond acceptors (Lipinski definition) is 2. The number of aromatic hydroxyl groups is 1. The van der Waals surface area contributed by atoms with E-state index in [1.54, 1.807) is 12.1 Å². The lowest BCUT2D eigenvalue weighted by molar-refractivity contribution is 0.469. The van der Waals surface area contributed by atoms with Gasteiger partial charge in [-0.3, -0.25) is 0 Å². The number of aryl methyl sites for hydroxylation is 1. The largest absolute Gasteiger partial charge is 0.508 e. The molecule has 0 spiro atoms. The molecule has 1 N–H and O–H groups in total. The quantitative estimate of drug-likeness (QED) is 0.657. The van der Waals surface area contributed by atoms with Gasteiger partial charge in [0.05, 0.1) is 12.5 Å². The first-order valence-electron chi connectivity index (χ1n) is 3.40. The number of nitriles is 1. The molecule has 0 saturated carbocycles. The molecule has 1 aromatic carbocycles. The van der Waals surface area contributed by atoms with Gasteiger partial charge in [-0.2, -0.15) is 5.26 Å². The van der Waals surface area contributed by atoms with Crippen LogP contribution in [-0.4, -0.2) is 5.11 Å². The first-order valence-corrected chi connectivity index (χ1v) is 3.40. The molecule has 0 aliphatic carbocycles. The van der Waals surface area contributed by atoms with Crippen molar-refractivity contribution in [3.8, 4) is 11.8 Å². The molecule has 0 atom stereocenters. The predicted molar refractivity (Wildman–Crippen MR) is 42.2 cm³/mol. The SMILES string of the molecule is Cc1cccc(O)c1CC#N. The molecule has 1 rings (SSSR count). The predicted octanol–water partition coefficient (Wildman–Crippen LogP) is 1.77. The summed E-state index contributed by atoms with van der Waals surface area (Å²) in [6.07, 6.45) is 0.276. The highest BCUT2D eigenvalue weighted by molar-refractivity contribution is 5.39. The molecule has 0 aliphatic rings. The van der Waals surface area contributed by atoms with Crippen LogP contribution in [0.2, 0.25) is 0 Å². The van der Waals surface area contributed by atoms with E-state index >= 15 is 0 Å². The van der Waals surface area contributed by atoms with Gasteiger partial charge in [0, 0.05) is 5.56 Å². The minimum atomic E-state index is 0.214. The van der Waals surface area contributed by atoms with Gasteiger partial charge in [0.2, 0.25) is 0 Å². The molecule has 0 radical (unpaired) electrons. The minimum Gasteiger partial charge on any atom is -0.508 e. The summed E-state index contributed by atoms with van der Waals surface area (Å²) in [6.45, 7) is 1.88. The highest BCUT2D eigenvalue weighted by atomic mass is 16.3. The topological polar surface area (TPSA) is 44.0 Å². The van der Waals surface area contributed by atoms with E-state index in [0.29, 0.717) is 0 Å². The fourth-order valence-electron chi connectivity index (χ4n) is 0.996. The van der Waals surface area contributed by atoms with Gasteiger partial charge in [-0.05, 0) is 18.6 Å². The van der Waals surface area contributed by atoms with Crippen molar-refractivity contribution in [3.63, 3.8) is 0 Å². The van der Waals surface area contributed by atoms with Crippen molar-refractivity contribution in [2.75, 3.05) is 0 Å². The molecule has 0 unspecified atom stereocenters. The average Bonchev–Trinajstić information content (AvgIpc) is 1.97. The molecule has 0 heterocycles. The van der Waals surface area contributed by atoms with Crippen molar-refractivity contribution in [1.29, 1.82) is 5.26 Å². The monoisotopic (exact) mass is 147 g/mol. The van der Waals surface area contributed by atoms with Gasteiger partial charge in [0.15, 0.2) is 0 Å². The Bertz CT molecular complexity index is 279. The van der Waals surface area contributed by atoms with E-state index in [1.807, 2.05) is 19.1 Å². The summed E-state index contributed by atoms with van der Waals surface area (Å²) in [5.74, 6) is 0.214. The zero-order valence-corrected chi connectivity index (χ0v) is 6.33. The normalized spacial score (nSPS) is 9.09. The second-order valence-electron chi connectivity index (χ2n) is 2.41. The highest BCUT2D eigenvalue weighted by Gasteiger charge is 2.01. The van der Waals surface area contributed by atoms with E-state index in [4.69, 9.17) is 5.26 Å². The molecule has 56 valence electrons. The van der Waals surface area contributed by atoms with Gasteiger partial charge < -0.3 is 5.11 Å². The van der Waals surface area contributed by atoms with Crippen molar-refractivity contribution in [2.24, 2.45) is 0 Å². The van der Waals surface area contributed by atoms with Crippen LogP contribution in [0.5, 0.6) is 5.75 Å². The maximum Gasteiger partial charge on any atom is 0.120 e. The van der Waals surface area contributed by atoms with Gasteiger partial charge in [-0.1, -0.05) is 12.1 Å². The first kappa shape index (κ1) is 7.62. The minimum absolute atomic E-state index is 0.214. The molecule has 0 amide bonds. The van der Waals surface area contributed by atoms with Crippen molar-refractivity contribution < 1.29 is 5.11 Å². The molecular weight excluding hydrogens is 138 g/mol. The summed E-state index contributed by atoms with van der Waals surface area (Å²) in [5.41, 5.74) is 1.70. The summed E-state index contributed by atoms with van der Waals surface area (Å²) in [4.78, 5) is 0. The number of hydrogen-bond donors (Lipinski definition) is 1. The van der Waals surface area contributed by atoms with Crippen molar-refractivity contribution in [3.05, 3.63) is 29.3 Å². The summed E-state index contributed by atoms with van der Waals surface area (Å²) in [5, 5.41) is 17.7. The summed E-state index contributed by atoms with van der Waals surface area (Å²) in [6, 6.07) is 7.25. The summed E-state index contributed by atoms with van der Waals surface area (Å²) in [7, 11) is 0. The second-order valence-corrected chi connectivity index (χ2v) is 2.41. The molecule has 2 nitrogen and oxygen atoms in total. The lowest BCUT2D eigenvalue weighted by atomic mass is 10.1. The van der Waals surface area contributed by atoms with Crippen molar-refractivity contribution in [2.45, 2.75) is 13.3 Å². The molecular formula is C9H9NO. The van der Waals surface area contributed by atoms with Crippen LogP contribution in [0, 0.1) is 18.3 Å². The van der Waals surface area contributed by atoms with E-state index < -0.39 is 0 Å². The standard InChI is InChI=1S/C9H9NO/c1-7-3-2-4-9(11)8(7)5-6-10/h2-4,11H,5H2,1H3. The fraction of sp³-hybridized carbons (Fsp3) is 0.222. The van der Waals surface area contributed by atoms with Crippen molar-refractivity contribution in [1.82, 2.24) is 0 Å². The number of phenols is 1. The number of benzene rings is 1. The van der Waals surface area contributed by atoms with Crippen LogP contribution in [0.1, 0.15) is 11.1 Å². The van der Waals surface area contributed by atoms with Crippen LogP contribution in [0.4, 0.5) is 0 Å². The molecule has 11 heavy (non-hydrogen) atoms. The second kappa shape index (κ2) is 3.07. The van der Waals surface area contributed by atoms with Gasteiger partial charge in [-0.25, -0.2) is 0 Å². The van der Waals surface area contributed by atoms with Crippen LogP contribution in [0.3, 0.4) is 0 Å². The fourth-order valence-corrected chi connectivity index (χ4v) is 0.996. The zero-order chi connectivity index (χ0) is 8.27. The average molecular weight is 147 g/mol. The molecule has 0 saturated heterocycles. The third kappa shape index (κ3) is 1.50. The van der Waals surface area contributed by atoms with Gasteiger partial charge in [-0.15, -0.1) is 0 Å². The van der Waals surface area contributed by atoms with E-state index in [9.17, 15) is 5.11 Å². The van der Waals surface area contributed by atoms with E-state index in [0.717, 1.165) is 11.1 Å². The lowest BCUT2D eigenvalue weighted by Gasteiger charge is -2.02. The number of phenolic OH excluding ortho intramolecular Hbond substituents is 1. The Balaban J connectivity index is 3.12. The van der Waals surface area contributed by atoms with Crippen molar-refractivity contribution >= 4 is 0 Å². The van der Waals surface area contributed by atoms with Crippen LogP contribution < -0.4 is 0 Å². The Morgan fingerprint density at radius 1 is 1.55 bits per heavy atom. The van der Waals surface area contributed by atoms with E-state index in [2.05, 4.69) is 0 Å². The third-order valence-electron chi connectivity index (χ3n) is 1.64. The Morgan fingerprint density at radius 2 is 2.27 bits per heavy atom. The third-order valence-corrected chi connectivity index (χ3v) is 1.64. The lowest BCUT2D eigenvalue weighted by Crippen LogP contribution is -1.86. The van der Waals surface area contributed by atoms with Gasteiger partial charge in [0.25, 0.3) is 0 Å². The first-order chi connectivity index (χ1) is 5.25. The highest BCUT2D eigenvalue weighted by Crippen LogP contribution is 2.20. The smallest absolute Gasteiger partial charge is 0.120 e. The molecule has 2 heteroatoms. The summed E-state index contributed by atoms with van der Waals surface area (Å²) >= 11 is 0. The van der Waals surface area contributed by atoms with Gasteiger partial charge >= 0.3 is 0 Å². The van der Waals surface area contributed by atoms with Crippen LogP contribution >= 0.6 is 0 Å². The van der Waals surface area contributed by atoms with Gasteiger partial charge in [0.1, 0.15) is 5.75 Å². The maximum atomic E-state index is 9.27. The van der Waals surface area contributed by atoms with E-state index in [-0.39, 0.29) is 12.2 Å². The molecule has 0 aromatic heterocycles. The van der Waals surface area contributed by atoms with E-state index in [1.165, 1.54) is 0 Å². The van der Waals surface area contributed by atoms with Crippen LogP contribution in [-0.2, 0) is 6.42 Å². The molecule has 0 fully saturated rings. The number of nitrogens with zero attached hydrogens (tertiary/aromatic N) is 1. The molecule has 0 aliphatic heterocycles. The van der Waals surface area contributed by atoms with Crippen LogP contribution in [0.15, 0.2) is 18.2 Å². The Hall–Kier alpha value is -1.49. The molecule has 0 bridgehead atoms. The van der Waals surface area contributed by atoms with Crippen LogP contribution in [0.25, 0.3) is 0 Å². The Labute approximate surface area is 65.7 Å². The molecule has 1 aromatic rings. The Kier molecular flexibility index (Phi) is 2.12. The zero-order valence-electron chi connectivity index (χ0n) is 6.33.